The van der Waals surface area contributed by atoms with Crippen molar-refractivity contribution < 1.29 is 4.79 Å². The number of rotatable bonds is 4. The summed E-state index contributed by atoms with van der Waals surface area (Å²) in [4.78, 5) is 11.9. The first kappa shape index (κ1) is 12.0. The summed E-state index contributed by atoms with van der Waals surface area (Å²) >= 11 is 0. The summed E-state index contributed by atoms with van der Waals surface area (Å²) in [5.41, 5.74) is 2.42. The number of benzene rings is 1. The fourth-order valence-corrected chi connectivity index (χ4v) is 2.16. The Hall–Kier alpha value is -1.51. The Bertz CT molecular complexity index is 390. The standard InChI is InChI=1S/C14H20N2O/c1-2-3-8-15-14(17)12-9-11-6-4-5-7-13(11)16-10-12/h4-7,12,16H,2-3,8-10H2,1H3,(H,15,17)/t12-/m1/s1. The van der Waals surface area contributed by atoms with Gasteiger partial charge in [0.1, 0.15) is 0 Å². The van der Waals surface area contributed by atoms with Crippen LogP contribution in [0.1, 0.15) is 25.3 Å². The highest BCUT2D eigenvalue weighted by atomic mass is 16.1. The molecule has 0 saturated heterocycles. The molecule has 3 heteroatoms. The van der Waals surface area contributed by atoms with E-state index in [-0.39, 0.29) is 11.8 Å². The molecule has 1 aliphatic rings. The topological polar surface area (TPSA) is 41.1 Å². The summed E-state index contributed by atoms with van der Waals surface area (Å²) in [5.74, 6) is 0.252. The minimum atomic E-state index is 0.0711. The molecule has 2 N–H and O–H groups in total. The van der Waals surface area contributed by atoms with Crippen LogP contribution in [0.3, 0.4) is 0 Å². The van der Waals surface area contributed by atoms with E-state index in [1.54, 1.807) is 0 Å². The predicted octanol–water partition coefficient (Wildman–Crippen LogP) is 2.19. The van der Waals surface area contributed by atoms with Crippen molar-refractivity contribution in [3.63, 3.8) is 0 Å². The fraction of sp³-hybridized carbons (Fsp3) is 0.500. The van der Waals surface area contributed by atoms with Crippen LogP contribution < -0.4 is 10.6 Å². The second-order valence-electron chi connectivity index (χ2n) is 4.58. The molecule has 0 aromatic heterocycles. The summed E-state index contributed by atoms with van der Waals surface area (Å²) in [5, 5.41) is 6.33. The molecule has 1 amide bonds. The third kappa shape index (κ3) is 2.99. The van der Waals surface area contributed by atoms with Gasteiger partial charge in [0.2, 0.25) is 5.91 Å². The van der Waals surface area contributed by atoms with E-state index >= 15 is 0 Å². The molecule has 1 heterocycles. The van der Waals surface area contributed by atoms with E-state index < -0.39 is 0 Å². The first-order valence-corrected chi connectivity index (χ1v) is 6.40. The molecular weight excluding hydrogens is 212 g/mol. The summed E-state index contributed by atoms with van der Waals surface area (Å²) < 4.78 is 0. The van der Waals surface area contributed by atoms with Crippen LogP contribution in [0.2, 0.25) is 0 Å². The van der Waals surface area contributed by atoms with E-state index in [9.17, 15) is 4.79 Å². The molecule has 0 bridgehead atoms. The van der Waals surface area contributed by atoms with Crippen molar-refractivity contribution >= 4 is 11.6 Å². The van der Waals surface area contributed by atoms with Crippen LogP contribution in [0.15, 0.2) is 24.3 Å². The Morgan fingerprint density at radius 1 is 1.47 bits per heavy atom. The van der Waals surface area contributed by atoms with Gasteiger partial charge in [-0.2, -0.15) is 0 Å². The number of hydrogen-bond acceptors (Lipinski definition) is 2. The third-order valence-electron chi connectivity index (χ3n) is 3.22. The number of hydrogen-bond donors (Lipinski definition) is 2. The minimum Gasteiger partial charge on any atom is -0.384 e. The zero-order valence-corrected chi connectivity index (χ0v) is 10.3. The molecule has 1 aliphatic heterocycles. The van der Waals surface area contributed by atoms with Gasteiger partial charge in [-0.05, 0) is 24.5 Å². The quantitative estimate of drug-likeness (QED) is 0.781. The van der Waals surface area contributed by atoms with Crippen molar-refractivity contribution in [2.24, 2.45) is 5.92 Å². The molecule has 0 unspecified atom stereocenters. The van der Waals surface area contributed by atoms with E-state index in [1.165, 1.54) is 11.3 Å². The number of para-hydroxylation sites is 1. The molecule has 0 saturated carbocycles. The van der Waals surface area contributed by atoms with Crippen molar-refractivity contribution in [2.45, 2.75) is 26.2 Å². The highest BCUT2D eigenvalue weighted by molar-refractivity contribution is 5.80. The van der Waals surface area contributed by atoms with Crippen LogP contribution >= 0.6 is 0 Å². The molecule has 1 aromatic rings. The Morgan fingerprint density at radius 3 is 3.12 bits per heavy atom. The van der Waals surface area contributed by atoms with Gasteiger partial charge >= 0.3 is 0 Å². The van der Waals surface area contributed by atoms with Crippen molar-refractivity contribution in [3.05, 3.63) is 29.8 Å². The number of unbranched alkanes of at least 4 members (excludes halogenated alkanes) is 1. The second-order valence-corrected chi connectivity index (χ2v) is 4.58. The van der Waals surface area contributed by atoms with Gasteiger partial charge in [-0.3, -0.25) is 4.79 Å². The van der Waals surface area contributed by atoms with E-state index in [2.05, 4.69) is 29.7 Å². The van der Waals surface area contributed by atoms with Crippen LogP contribution in [-0.2, 0) is 11.2 Å². The molecule has 17 heavy (non-hydrogen) atoms. The molecule has 2 rings (SSSR count). The molecule has 1 aromatic carbocycles. The average Bonchev–Trinajstić information content (AvgIpc) is 2.38. The molecule has 92 valence electrons. The highest BCUT2D eigenvalue weighted by Gasteiger charge is 2.23. The van der Waals surface area contributed by atoms with E-state index in [0.29, 0.717) is 0 Å². The van der Waals surface area contributed by atoms with Gasteiger partial charge in [0.25, 0.3) is 0 Å². The molecule has 0 radical (unpaired) electrons. The van der Waals surface area contributed by atoms with E-state index in [1.807, 2.05) is 12.1 Å². The van der Waals surface area contributed by atoms with Crippen LogP contribution in [0.25, 0.3) is 0 Å². The van der Waals surface area contributed by atoms with E-state index in [4.69, 9.17) is 0 Å². The predicted molar refractivity (Wildman–Crippen MR) is 70.0 cm³/mol. The zero-order chi connectivity index (χ0) is 12.1. The van der Waals surface area contributed by atoms with Gasteiger partial charge in [0.15, 0.2) is 0 Å². The molecule has 0 spiro atoms. The molecule has 0 fully saturated rings. The van der Waals surface area contributed by atoms with Gasteiger partial charge in [-0.15, -0.1) is 0 Å². The first-order valence-electron chi connectivity index (χ1n) is 6.40. The van der Waals surface area contributed by atoms with Crippen LogP contribution in [0, 0.1) is 5.92 Å². The average molecular weight is 232 g/mol. The SMILES string of the molecule is CCCCNC(=O)[C@H]1CNc2ccccc2C1. The van der Waals surface area contributed by atoms with Crippen molar-refractivity contribution in [1.82, 2.24) is 5.32 Å². The highest BCUT2D eigenvalue weighted by Crippen LogP contribution is 2.24. The summed E-state index contributed by atoms with van der Waals surface area (Å²) in [6, 6.07) is 8.21. The van der Waals surface area contributed by atoms with Gasteiger partial charge in [0.05, 0.1) is 5.92 Å². The maximum Gasteiger partial charge on any atom is 0.225 e. The number of fused-ring (bicyclic) bond motifs is 1. The number of amides is 1. The lowest BCUT2D eigenvalue weighted by Crippen LogP contribution is -2.38. The fourth-order valence-electron chi connectivity index (χ4n) is 2.16. The molecule has 3 nitrogen and oxygen atoms in total. The summed E-state index contributed by atoms with van der Waals surface area (Å²) in [6.07, 6.45) is 3.02. The summed E-state index contributed by atoms with van der Waals surface area (Å²) in [7, 11) is 0. The zero-order valence-electron chi connectivity index (χ0n) is 10.3. The van der Waals surface area contributed by atoms with Gasteiger partial charge in [0, 0.05) is 18.8 Å². The van der Waals surface area contributed by atoms with Crippen molar-refractivity contribution in [2.75, 3.05) is 18.4 Å². The minimum absolute atomic E-state index is 0.0711. The Kier molecular flexibility index (Phi) is 4.02. The lowest BCUT2D eigenvalue weighted by molar-refractivity contribution is -0.124. The van der Waals surface area contributed by atoms with E-state index in [0.717, 1.165) is 32.4 Å². The van der Waals surface area contributed by atoms with Gasteiger partial charge < -0.3 is 10.6 Å². The van der Waals surface area contributed by atoms with Crippen molar-refractivity contribution in [3.8, 4) is 0 Å². The first-order chi connectivity index (χ1) is 8.31. The van der Waals surface area contributed by atoms with Crippen LogP contribution in [0.4, 0.5) is 5.69 Å². The third-order valence-corrected chi connectivity index (χ3v) is 3.22. The lowest BCUT2D eigenvalue weighted by atomic mass is 9.93. The molecular formula is C14H20N2O. The normalized spacial score (nSPS) is 18.1. The Labute approximate surface area is 103 Å². The van der Waals surface area contributed by atoms with Gasteiger partial charge in [-0.25, -0.2) is 0 Å². The number of nitrogens with one attached hydrogen (secondary N) is 2. The smallest absolute Gasteiger partial charge is 0.225 e. The lowest BCUT2D eigenvalue weighted by Gasteiger charge is -2.25. The number of carbonyl (C=O) groups is 1. The summed E-state index contributed by atoms with van der Waals surface area (Å²) in [6.45, 7) is 3.67. The maximum absolute atomic E-state index is 11.9. The van der Waals surface area contributed by atoms with Crippen LogP contribution in [-0.4, -0.2) is 19.0 Å². The Balaban J connectivity index is 1.91. The van der Waals surface area contributed by atoms with Gasteiger partial charge in [-0.1, -0.05) is 31.5 Å². The van der Waals surface area contributed by atoms with Crippen LogP contribution in [0.5, 0.6) is 0 Å². The second kappa shape index (κ2) is 5.71. The Morgan fingerprint density at radius 2 is 2.29 bits per heavy atom. The maximum atomic E-state index is 11.9. The molecule has 1 atom stereocenters. The molecule has 0 aliphatic carbocycles. The number of carbonyl (C=O) groups excluding carboxylic acids is 1. The largest absolute Gasteiger partial charge is 0.384 e. The monoisotopic (exact) mass is 232 g/mol. The number of anilines is 1. The van der Waals surface area contributed by atoms with Crippen molar-refractivity contribution in [1.29, 1.82) is 0 Å².